The van der Waals surface area contributed by atoms with Crippen molar-refractivity contribution >= 4 is 33.4 Å². The molecule has 1 saturated carbocycles. The van der Waals surface area contributed by atoms with Gasteiger partial charge in [-0.2, -0.15) is 0 Å². The smallest absolute Gasteiger partial charge is 0.257 e. The van der Waals surface area contributed by atoms with Gasteiger partial charge in [0.05, 0.1) is 12.2 Å². The van der Waals surface area contributed by atoms with Gasteiger partial charge in [-0.25, -0.2) is 4.98 Å². The average Bonchev–Trinajstić information content (AvgIpc) is 3.17. The number of carbonyl (C=O) groups excluding carboxylic acids is 1. The van der Waals surface area contributed by atoms with Crippen LogP contribution in [0, 0.1) is 0 Å². The minimum absolute atomic E-state index is 0.0756. The molecule has 1 aromatic rings. The molecule has 0 aromatic carbocycles. The third kappa shape index (κ3) is 3.22. The third-order valence-electron chi connectivity index (χ3n) is 2.82. The Morgan fingerprint density at radius 3 is 3.00 bits per heavy atom. The first-order valence-electron chi connectivity index (χ1n) is 5.74. The predicted octanol–water partition coefficient (Wildman–Crippen LogP) is 2.75. The minimum atomic E-state index is -0.0756. The van der Waals surface area contributed by atoms with Gasteiger partial charge >= 0.3 is 0 Å². The summed E-state index contributed by atoms with van der Waals surface area (Å²) in [6, 6.07) is 2.03. The zero-order valence-corrected chi connectivity index (χ0v) is 12.4. The number of pyridine rings is 1. The van der Waals surface area contributed by atoms with Gasteiger partial charge in [-0.1, -0.05) is 11.6 Å². The Labute approximate surface area is 119 Å². The predicted molar refractivity (Wildman–Crippen MR) is 72.9 cm³/mol. The first-order chi connectivity index (χ1) is 8.63. The monoisotopic (exact) mass is 332 g/mol. The van der Waals surface area contributed by atoms with E-state index in [2.05, 4.69) is 20.9 Å². The van der Waals surface area contributed by atoms with Gasteiger partial charge in [-0.05, 0) is 34.8 Å². The lowest BCUT2D eigenvalue weighted by atomic mass is 10.2. The summed E-state index contributed by atoms with van der Waals surface area (Å²) in [5.41, 5.74) is 0.439. The van der Waals surface area contributed by atoms with Crippen molar-refractivity contribution in [2.24, 2.45) is 0 Å². The number of methoxy groups -OCH3 is 1. The van der Waals surface area contributed by atoms with Crippen LogP contribution in [-0.2, 0) is 4.74 Å². The van der Waals surface area contributed by atoms with Crippen molar-refractivity contribution in [1.82, 2.24) is 9.88 Å². The highest BCUT2D eigenvalue weighted by atomic mass is 79.9. The van der Waals surface area contributed by atoms with E-state index in [0.717, 1.165) is 17.3 Å². The van der Waals surface area contributed by atoms with Crippen molar-refractivity contribution in [2.45, 2.75) is 18.9 Å². The van der Waals surface area contributed by atoms with Crippen LogP contribution in [0.5, 0.6) is 0 Å². The minimum Gasteiger partial charge on any atom is -0.383 e. The summed E-state index contributed by atoms with van der Waals surface area (Å²) >= 11 is 9.29. The quantitative estimate of drug-likeness (QED) is 0.778. The average molecular weight is 334 g/mol. The Morgan fingerprint density at radius 1 is 1.67 bits per heavy atom. The molecule has 1 aliphatic rings. The molecular weight excluding hydrogens is 320 g/mol. The summed E-state index contributed by atoms with van der Waals surface area (Å²) < 4.78 is 5.79. The first-order valence-corrected chi connectivity index (χ1v) is 6.91. The maximum absolute atomic E-state index is 12.4. The lowest BCUT2D eigenvalue weighted by Gasteiger charge is -2.22. The fourth-order valence-corrected chi connectivity index (χ4v) is 2.27. The topological polar surface area (TPSA) is 42.4 Å². The van der Waals surface area contributed by atoms with E-state index in [1.165, 1.54) is 0 Å². The molecule has 4 nitrogen and oxygen atoms in total. The second-order valence-corrected chi connectivity index (χ2v) is 5.49. The fourth-order valence-electron chi connectivity index (χ4n) is 1.75. The third-order valence-corrected chi connectivity index (χ3v) is 3.56. The molecule has 0 atom stereocenters. The highest BCUT2D eigenvalue weighted by molar-refractivity contribution is 9.10. The van der Waals surface area contributed by atoms with Crippen LogP contribution in [0.2, 0.25) is 5.15 Å². The summed E-state index contributed by atoms with van der Waals surface area (Å²) in [6.45, 7) is 1.12. The lowest BCUT2D eigenvalue weighted by Crippen LogP contribution is -2.36. The molecule has 98 valence electrons. The van der Waals surface area contributed by atoms with E-state index < -0.39 is 0 Å². The second kappa shape index (κ2) is 5.99. The molecule has 18 heavy (non-hydrogen) atoms. The lowest BCUT2D eigenvalue weighted by molar-refractivity contribution is 0.0680. The van der Waals surface area contributed by atoms with E-state index in [0.29, 0.717) is 24.8 Å². The number of halogens is 2. The van der Waals surface area contributed by atoms with E-state index in [1.807, 2.05) is 4.90 Å². The second-order valence-electron chi connectivity index (χ2n) is 4.21. The molecule has 0 radical (unpaired) electrons. The summed E-state index contributed by atoms with van der Waals surface area (Å²) in [6.07, 6.45) is 3.68. The summed E-state index contributed by atoms with van der Waals surface area (Å²) in [4.78, 5) is 18.2. The van der Waals surface area contributed by atoms with Gasteiger partial charge in [0.2, 0.25) is 0 Å². The molecule has 1 aliphatic carbocycles. The highest BCUT2D eigenvalue weighted by Gasteiger charge is 2.33. The van der Waals surface area contributed by atoms with Crippen molar-refractivity contribution in [3.8, 4) is 0 Å². The van der Waals surface area contributed by atoms with Crippen molar-refractivity contribution in [1.29, 1.82) is 0 Å². The van der Waals surface area contributed by atoms with Gasteiger partial charge in [0.1, 0.15) is 5.15 Å². The molecule has 0 saturated heterocycles. The van der Waals surface area contributed by atoms with Crippen LogP contribution >= 0.6 is 27.5 Å². The number of hydrogen-bond acceptors (Lipinski definition) is 3. The summed E-state index contributed by atoms with van der Waals surface area (Å²) in [5, 5.41) is 0.242. The number of hydrogen-bond donors (Lipinski definition) is 0. The Morgan fingerprint density at radius 2 is 2.39 bits per heavy atom. The number of aromatic nitrogens is 1. The van der Waals surface area contributed by atoms with E-state index in [1.54, 1.807) is 19.4 Å². The largest absolute Gasteiger partial charge is 0.383 e. The number of amides is 1. The standard InChI is InChI=1S/C12H14BrClN2O2/c1-18-5-4-16(9-2-3-9)12(17)10-6-8(13)7-15-11(10)14/h6-7,9H,2-5H2,1H3. The Bertz CT molecular complexity index is 452. The van der Waals surface area contributed by atoms with Crippen LogP contribution in [-0.4, -0.2) is 42.1 Å². The first kappa shape index (κ1) is 13.8. The van der Waals surface area contributed by atoms with Gasteiger partial charge in [-0.15, -0.1) is 0 Å². The Balaban J connectivity index is 2.19. The van der Waals surface area contributed by atoms with Gasteiger partial charge < -0.3 is 9.64 Å². The molecule has 0 aliphatic heterocycles. The SMILES string of the molecule is COCCN(C(=O)c1cc(Br)cnc1Cl)C1CC1. The van der Waals surface area contributed by atoms with E-state index in [4.69, 9.17) is 16.3 Å². The number of rotatable bonds is 5. The molecule has 2 rings (SSSR count). The molecular formula is C12H14BrClN2O2. The van der Waals surface area contributed by atoms with Crippen LogP contribution in [0.3, 0.4) is 0 Å². The van der Waals surface area contributed by atoms with Crippen molar-refractivity contribution < 1.29 is 9.53 Å². The number of carbonyl (C=O) groups is 1. The summed E-state index contributed by atoms with van der Waals surface area (Å²) in [5.74, 6) is -0.0756. The van der Waals surface area contributed by atoms with Crippen molar-refractivity contribution in [3.05, 3.63) is 27.5 Å². The van der Waals surface area contributed by atoms with E-state index in [-0.39, 0.29) is 11.1 Å². The molecule has 6 heteroatoms. The van der Waals surface area contributed by atoms with Gasteiger partial charge in [-0.3, -0.25) is 4.79 Å². The maximum Gasteiger partial charge on any atom is 0.257 e. The molecule has 0 bridgehead atoms. The van der Waals surface area contributed by atoms with Gasteiger partial charge in [0, 0.05) is 30.4 Å². The molecule has 1 fully saturated rings. The van der Waals surface area contributed by atoms with Crippen LogP contribution in [0.1, 0.15) is 23.2 Å². The van der Waals surface area contributed by atoms with Crippen LogP contribution < -0.4 is 0 Å². The van der Waals surface area contributed by atoms with Crippen molar-refractivity contribution in [3.63, 3.8) is 0 Å². The van der Waals surface area contributed by atoms with Crippen LogP contribution in [0.25, 0.3) is 0 Å². The molecule has 1 aromatic heterocycles. The van der Waals surface area contributed by atoms with Crippen LogP contribution in [0.4, 0.5) is 0 Å². The van der Waals surface area contributed by atoms with Gasteiger partial charge in [0.15, 0.2) is 0 Å². The molecule has 1 amide bonds. The number of nitrogens with zero attached hydrogens (tertiary/aromatic N) is 2. The summed E-state index contributed by atoms with van der Waals surface area (Å²) in [7, 11) is 1.63. The zero-order valence-electron chi connectivity index (χ0n) is 10.0. The fraction of sp³-hybridized carbons (Fsp3) is 0.500. The molecule has 1 heterocycles. The highest BCUT2D eigenvalue weighted by Crippen LogP contribution is 2.29. The van der Waals surface area contributed by atoms with Crippen molar-refractivity contribution in [2.75, 3.05) is 20.3 Å². The molecule has 0 unspecified atom stereocenters. The Kier molecular flexibility index (Phi) is 4.59. The zero-order chi connectivity index (χ0) is 13.1. The molecule has 0 N–H and O–H groups in total. The van der Waals surface area contributed by atoms with E-state index in [9.17, 15) is 4.79 Å². The van der Waals surface area contributed by atoms with Crippen LogP contribution in [0.15, 0.2) is 16.7 Å². The van der Waals surface area contributed by atoms with E-state index >= 15 is 0 Å². The van der Waals surface area contributed by atoms with Gasteiger partial charge in [0.25, 0.3) is 5.91 Å². The Hall–Kier alpha value is -0.650. The maximum atomic E-state index is 12.4. The normalized spacial score (nSPS) is 14.6. The number of ether oxygens (including phenoxy) is 1. The molecule has 0 spiro atoms.